The van der Waals surface area contributed by atoms with Crippen LogP contribution in [-0.2, 0) is 0 Å². The van der Waals surface area contributed by atoms with Gasteiger partial charge in [-0.05, 0) is 36.5 Å². The van der Waals surface area contributed by atoms with Gasteiger partial charge in [-0.25, -0.2) is 0 Å². The van der Waals surface area contributed by atoms with Gasteiger partial charge in [0.05, 0.1) is 6.04 Å². The fraction of sp³-hybridized carbons (Fsp3) is 0.417. The Kier molecular flexibility index (Phi) is 1.99. The summed E-state index contributed by atoms with van der Waals surface area (Å²) < 4.78 is 0. The Morgan fingerprint density at radius 1 is 1.33 bits per heavy atom. The van der Waals surface area contributed by atoms with E-state index in [-0.39, 0.29) is 11.9 Å². The fourth-order valence-electron chi connectivity index (χ4n) is 2.44. The smallest absolute Gasteiger partial charge is 0.252 e. The first-order valence-corrected chi connectivity index (χ1v) is 5.74. The van der Waals surface area contributed by atoms with Crippen LogP contribution in [-0.4, -0.2) is 5.91 Å². The molecule has 1 aliphatic carbocycles. The second kappa shape index (κ2) is 3.24. The normalized spacial score (nSPS) is 24.6. The molecule has 1 atom stereocenters. The van der Waals surface area contributed by atoms with Gasteiger partial charge < -0.3 is 5.32 Å². The minimum Gasteiger partial charge on any atom is -0.345 e. The summed E-state index contributed by atoms with van der Waals surface area (Å²) in [5, 5.41) is 3.69. The van der Waals surface area contributed by atoms with E-state index in [0.29, 0.717) is 10.9 Å². The number of nitrogens with one attached hydrogen (secondary N) is 1. The Hall–Kier alpha value is -1.02. The van der Waals surface area contributed by atoms with Crippen molar-refractivity contribution in [1.29, 1.82) is 0 Å². The van der Waals surface area contributed by atoms with Gasteiger partial charge in [0.25, 0.3) is 5.91 Å². The lowest BCUT2D eigenvalue weighted by molar-refractivity contribution is 0.0932. The number of halogens is 1. The van der Waals surface area contributed by atoms with Gasteiger partial charge in [-0.1, -0.05) is 24.1 Å². The van der Waals surface area contributed by atoms with Crippen molar-refractivity contribution >= 4 is 17.5 Å². The SMILES string of the molecule is O=C1NC(C2CCC2)c2ccc(Cl)cc21. The van der Waals surface area contributed by atoms with Crippen molar-refractivity contribution in [3.05, 3.63) is 34.3 Å². The van der Waals surface area contributed by atoms with Gasteiger partial charge in [0.15, 0.2) is 0 Å². The number of benzene rings is 1. The summed E-state index contributed by atoms with van der Waals surface area (Å²) in [6.07, 6.45) is 3.75. The largest absolute Gasteiger partial charge is 0.345 e. The maximum Gasteiger partial charge on any atom is 0.252 e. The molecule has 1 N–H and O–H groups in total. The van der Waals surface area contributed by atoms with E-state index in [9.17, 15) is 4.79 Å². The molecule has 0 radical (unpaired) electrons. The average molecular weight is 222 g/mol. The maximum absolute atomic E-state index is 11.7. The Labute approximate surface area is 93.6 Å². The van der Waals surface area contributed by atoms with E-state index in [1.165, 1.54) is 19.3 Å². The average Bonchev–Trinajstić information content (AvgIpc) is 2.41. The highest BCUT2D eigenvalue weighted by molar-refractivity contribution is 6.31. The van der Waals surface area contributed by atoms with E-state index in [4.69, 9.17) is 11.6 Å². The van der Waals surface area contributed by atoms with Crippen LogP contribution < -0.4 is 5.32 Å². The highest BCUT2D eigenvalue weighted by Crippen LogP contribution is 2.41. The molecule has 3 rings (SSSR count). The minimum absolute atomic E-state index is 0.0319. The standard InChI is InChI=1S/C12H12ClNO/c13-8-4-5-9-10(6-8)12(15)14-11(9)7-2-1-3-7/h4-7,11H,1-3H2,(H,14,15). The first kappa shape index (κ1) is 9.22. The molecule has 78 valence electrons. The molecular weight excluding hydrogens is 210 g/mol. The third-order valence-electron chi connectivity index (χ3n) is 3.50. The highest BCUT2D eigenvalue weighted by Gasteiger charge is 2.36. The Morgan fingerprint density at radius 2 is 2.13 bits per heavy atom. The number of amides is 1. The molecule has 0 spiro atoms. The van der Waals surface area contributed by atoms with Crippen molar-refractivity contribution in [3.63, 3.8) is 0 Å². The number of fused-ring (bicyclic) bond motifs is 1. The van der Waals surface area contributed by atoms with Crippen LogP contribution in [0.5, 0.6) is 0 Å². The Morgan fingerprint density at radius 3 is 2.80 bits per heavy atom. The van der Waals surface area contributed by atoms with E-state index in [2.05, 4.69) is 5.32 Å². The summed E-state index contributed by atoms with van der Waals surface area (Å²) in [6.45, 7) is 0. The molecular formula is C12H12ClNO. The van der Waals surface area contributed by atoms with Gasteiger partial charge in [0.1, 0.15) is 0 Å². The number of rotatable bonds is 1. The molecule has 3 heteroatoms. The summed E-state index contributed by atoms with van der Waals surface area (Å²) >= 11 is 5.88. The van der Waals surface area contributed by atoms with Crippen LogP contribution in [0, 0.1) is 5.92 Å². The maximum atomic E-state index is 11.7. The Balaban J connectivity index is 2.01. The molecule has 0 saturated heterocycles. The van der Waals surface area contributed by atoms with Gasteiger partial charge in [-0.15, -0.1) is 0 Å². The zero-order chi connectivity index (χ0) is 10.4. The molecule has 2 nitrogen and oxygen atoms in total. The van der Waals surface area contributed by atoms with Gasteiger partial charge in [-0.3, -0.25) is 4.79 Å². The van der Waals surface area contributed by atoms with Crippen molar-refractivity contribution < 1.29 is 4.79 Å². The van der Waals surface area contributed by atoms with Crippen LogP contribution in [0.2, 0.25) is 5.02 Å². The van der Waals surface area contributed by atoms with Crippen LogP contribution in [0.15, 0.2) is 18.2 Å². The molecule has 0 bridgehead atoms. The zero-order valence-corrected chi connectivity index (χ0v) is 9.05. The summed E-state index contributed by atoms with van der Waals surface area (Å²) in [5.41, 5.74) is 1.90. The third kappa shape index (κ3) is 1.36. The number of carbonyl (C=O) groups excluding carboxylic acids is 1. The van der Waals surface area contributed by atoms with Crippen LogP contribution in [0.3, 0.4) is 0 Å². The molecule has 1 aromatic carbocycles. The zero-order valence-electron chi connectivity index (χ0n) is 8.29. The summed E-state index contributed by atoms with van der Waals surface area (Å²) in [4.78, 5) is 11.7. The monoisotopic (exact) mass is 221 g/mol. The van der Waals surface area contributed by atoms with Crippen molar-refractivity contribution in [2.75, 3.05) is 0 Å². The molecule has 1 amide bonds. The molecule has 15 heavy (non-hydrogen) atoms. The topological polar surface area (TPSA) is 29.1 Å². The van der Waals surface area contributed by atoms with Gasteiger partial charge in [0.2, 0.25) is 0 Å². The van der Waals surface area contributed by atoms with Crippen molar-refractivity contribution in [3.8, 4) is 0 Å². The highest BCUT2D eigenvalue weighted by atomic mass is 35.5. The van der Waals surface area contributed by atoms with E-state index in [1.54, 1.807) is 6.07 Å². The van der Waals surface area contributed by atoms with Gasteiger partial charge in [0, 0.05) is 10.6 Å². The van der Waals surface area contributed by atoms with Gasteiger partial charge in [-0.2, -0.15) is 0 Å². The summed E-state index contributed by atoms with van der Waals surface area (Å²) in [7, 11) is 0. The third-order valence-corrected chi connectivity index (χ3v) is 3.74. The number of hydrogen-bond acceptors (Lipinski definition) is 1. The fourth-order valence-corrected chi connectivity index (χ4v) is 2.61. The second-order valence-electron chi connectivity index (χ2n) is 4.37. The first-order chi connectivity index (χ1) is 7.25. The lowest BCUT2D eigenvalue weighted by Crippen LogP contribution is -2.29. The second-order valence-corrected chi connectivity index (χ2v) is 4.81. The van der Waals surface area contributed by atoms with Crippen LogP contribution in [0.4, 0.5) is 0 Å². The van der Waals surface area contributed by atoms with E-state index in [0.717, 1.165) is 11.1 Å². The van der Waals surface area contributed by atoms with E-state index in [1.807, 2.05) is 12.1 Å². The van der Waals surface area contributed by atoms with E-state index < -0.39 is 0 Å². The molecule has 1 saturated carbocycles. The minimum atomic E-state index is 0.0319. The van der Waals surface area contributed by atoms with Crippen LogP contribution in [0.25, 0.3) is 0 Å². The quantitative estimate of drug-likeness (QED) is 0.776. The molecule has 0 aromatic heterocycles. The Bertz CT molecular complexity index is 426. The molecule has 1 fully saturated rings. The predicted molar refractivity (Wildman–Crippen MR) is 59.0 cm³/mol. The summed E-state index contributed by atoms with van der Waals surface area (Å²) in [5.74, 6) is 0.667. The molecule has 1 unspecified atom stereocenters. The van der Waals surface area contributed by atoms with Crippen molar-refractivity contribution in [2.24, 2.45) is 5.92 Å². The van der Waals surface area contributed by atoms with E-state index >= 15 is 0 Å². The number of carbonyl (C=O) groups is 1. The van der Waals surface area contributed by atoms with Gasteiger partial charge >= 0.3 is 0 Å². The molecule has 2 aliphatic rings. The molecule has 1 aliphatic heterocycles. The van der Waals surface area contributed by atoms with Crippen molar-refractivity contribution in [1.82, 2.24) is 5.32 Å². The van der Waals surface area contributed by atoms with Crippen molar-refractivity contribution in [2.45, 2.75) is 25.3 Å². The first-order valence-electron chi connectivity index (χ1n) is 5.36. The predicted octanol–water partition coefficient (Wildman–Crippen LogP) is 2.92. The van der Waals surface area contributed by atoms with Crippen LogP contribution in [0.1, 0.15) is 41.2 Å². The summed E-state index contributed by atoms with van der Waals surface area (Å²) in [6, 6.07) is 5.86. The lowest BCUT2D eigenvalue weighted by atomic mass is 9.77. The molecule has 1 heterocycles. The van der Waals surface area contributed by atoms with Crippen LogP contribution >= 0.6 is 11.6 Å². The number of hydrogen-bond donors (Lipinski definition) is 1. The lowest BCUT2D eigenvalue weighted by Gasteiger charge is -2.31. The molecule has 1 aromatic rings.